The molecule has 0 amide bonds. The van der Waals surface area contributed by atoms with Crippen LogP contribution in [0.2, 0.25) is 5.32 Å². The molecule has 3 heterocycles. The van der Waals surface area contributed by atoms with Crippen LogP contribution in [-0.4, -0.2) is 57.9 Å². The molecule has 0 aliphatic carbocycles. The first-order valence-corrected chi connectivity index (χ1v) is 12.4. The average molecular weight is 357 g/mol. The second-order valence-electron chi connectivity index (χ2n) is 4.50. The molecule has 4 unspecified atom stereocenters. The molecule has 0 aromatic carbocycles. The van der Waals surface area contributed by atoms with Crippen molar-refractivity contribution in [3.05, 3.63) is 0 Å². The molecule has 0 radical (unpaired) electrons. The van der Waals surface area contributed by atoms with Crippen LogP contribution >= 0.6 is 47.0 Å². The zero-order chi connectivity index (χ0) is 10.8. The Morgan fingerprint density at radius 1 is 1.06 bits per heavy atom. The van der Waals surface area contributed by atoms with Crippen LogP contribution in [0.4, 0.5) is 0 Å². The summed E-state index contributed by atoms with van der Waals surface area (Å²) in [5, 5.41) is 4.64. The Bertz CT molecular complexity index is 206. The number of rotatable bonds is 6. The van der Waals surface area contributed by atoms with E-state index in [0.29, 0.717) is 0 Å². The molecule has 0 spiro atoms. The van der Waals surface area contributed by atoms with Crippen molar-refractivity contribution in [1.82, 2.24) is 0 Å². The van der Waals surface area contributed by atoms with Gasteiger partial charge >= 0.3 is 123 Å². The molecule has 0 bridgehead atoms. The van der Waals surface area contributed by atoms with Crippen molar-refractivity contribution in [1.29, 1.82) is 0 Å². The van der Waals surface area contributed by atoms with E-state index in [-0.39, 0.29) is 0 Å². The summed E-state index contributed by atoms with van der Waals surface area (Å²) in [5.74, 6) is 5.79. The van der Waals surface area contributed by atoms with Gasteiger partial charge in [0.05, 0.1) is 0 Å². The van der Waals surface area contributed by atoms with Gasteiger partial charge in [0.1, 0.15) is 0 Å². The van der Waals surface area contributed by atoms with Crippen LogP contribution < -0.4 is 0 Å². The van der Waals surface area contributed by atoms with E-state index in [9.17, 15) is 0 Å². The fraction of sp³-hybridized carbons (Fsp3) is 1.00. The summed E-state index contributed by atoms with van der Waals surface area (Å²) < 4.78 is 1.05. The standard InChI is InChI=1S/C11H18S4Se/c1-2-10(14-6-8-4-12-8)11(16-3-1)15-7-9-5-13-9/h8-11H,1-7H2. The number of thioether (sulfide) groups is 4. The summed E-state index contributed by atoms with van der Waals surface area (Å²) in [4.78, 5) is 0. The SMILES string of the molecule is C1C[Se]C(SCC2CS2)C(SCC2CS2)C1. The minimum atomic E-state index is 0.941. The van der Waals surface area contributed by atoms with Crippen molar-refractivity contribution in [2.24, 2.45) is 0 Å². The van der Waals surface area contributed by atoms with Crippen molar-refractivity contribution in [3.8, 4) is 0 Å². The van der Waals surface area contributed by atoms with Gasteiger partial charge in [0.15, 0.2) is 0 Å². The van der Waals surface area contributed by atoms with Gasteiger partial charge in [0.25, 0.3) is 0 Å². The van der Waals surface area contributed by atoms with E-state index in [1.807, 2.05) is 0 Å². The van der Waals surface area contributed by atoms with Crippen LogP contribution in [0.1, 0.15) is 12.8 Å². The Morgan fingerprint density at radius 3 is 2.44 bits per heavy atom. The summed E-state index contributed by atoms with van der Waals surface area (Å²) in [6.07, 6.45) is 3.03. The molecule has 3 rings (SSSR count). The molecule has 0 aromatic heterocycles. The predicted molar refractivity (Wildman–Crippen MR) is 84.8 cm³/mol. The van der Waals surface area contributed by atoms with Crippen molar-refractivity contribution in [3.63, 3.8) is 0 Å². The molecule has 0 aromatic rings. The first kappa shape index (κ1) is 12.9. The molecule has 0 saturated carbocycles. The van der Waals surface area contributed by atoms with Crippen LogP contribution in [-0.2, 0) is 0 Å². The van der Waals surface area contributed by atoms with E-state index in [4.69, 9.17) is 0 Å². The summed E-state index contributed by atoms with van der Waals surface area (Å²) in [6, 6.07) is 0. The zero-order valence-corrected chi connectivity index (χ0v) is 14.3. The molecule has 3 fully saturated rings. The van der Waals surface area contributed by atoms with Crippen LogP contribution in [0.5, 0.6) is 0 Å². The van der Waals surface area contributed by atoms with E-state index < -0.39 is 0 Å². The van der Waals surface area contributed by atoms with E-state index in [2.05, 4.69) is 47.0 Å². The molecule has 4 atom stereocenters. The summed E-state index contributed by atoms with van der Waals surface area (Å²) >= 11 is 9.91. The van der Waals surface area contributed by atoms with Crippen molar-refractivity contribution >= 4 is 62.0 Å². The number of hydrogen-bond donors (Lipinski definition) is 0. The van der Waals surface area contributed by atoms with E-state index in [1.54, 1.807) is 5.32 Å². The molecule has 3 aliphatic heterocycles. The Morgan fingerprint density at radius 2 is 1.75 bits per heavy atom. The van der Waals surface area contributed by atoms with Crippen molar-refractivity contribution in [2.75, 3.05) is 23.0 Å². The fourth-order valence-corrected chi connectivity index (χ4v) is 10.8. The van der Waals surface area contributed by atoms with Crippen LogP contribution in [0, 0.1) is 0 Å². The monoisotopic (exact) mass is 358 g/mol. The van der Waals surface area contributed by atoms with Crippen LogP contribution in [0.15, 0.2) is 0 Å². The van der Waals surface area contributed by atoms with Gasteiger partial charge in [-0.1, -0.05) is 0 Å². The van der Waals surface area contributed by atoms with Gasteiger partial charge in [0, 0.05) is 0 Å². The molecular formula is C11H18S4Se. The maximum absolute atomic E-state index is 2.33. The topological polar surface area (TPSA) is 0 Å². The van der Waals surface area contributed by atoms with Gasteiger partial charge in [-0.15, -0.1) is 0 Å². The van der Waals surface area contributed by atoms with Crippen molar-refractivity contribution < 1.29 is 0 Å². The van der Waals surface area contributed by atoms with Gasteiger partial charge in [0.2, 0.25) is 0 Å². The quantitative estimate of drug-likeness (QED) is 0.528. The van der Waals surface area contributed by atoms with Crippen LogP contribution in [0.3, 0.4) is 0 Å². The number of hydrogen-bond acceptors (Lipinski definition) is 4. The van der Waals surface area contributed by atoms with Crippen molar-refractivity contribution in [2.45, 2.75) is 38.1 Å². The third-order valence-corrected chi connectivity index (χ3v) is 12.7. The fourth-order valence-electron chi connectivity index (χ4n) is 1.81. The summed E-state index contributed by atoms with van der Waals surface area (Å²) in [5.41, 5.74) is 0. The first-order chi connectivity index (χ1) is 7.92. The molecule has 0 nitrogen and oxygen atoms in total. The summed E-state index contributed by atoms with van der Waals surface area (Å²) in [6.45, 7) is 0. The summed E-state index contributed by atoms with van der Waals surface area (Å²) in [7, 11) is 0. The normalized spacial score (nSPS) is 42.0. The minimum absolute atomic E-state index is 0.941. The molecule has 16 heavy (non-hydrogen) atoms. The second-order valence-corrected chi connectivity index (χ2v) is 12.9. The van der Waals surface area contributed by atoms with Crippen LogP contribution in [0.25, 0.3) is 0 Å². The molecule has 92 valence electrons. The Kier molecular flexibility index (Phi) is 5.16. The Balaban J connectivity index is 1.42. The predicted octanol–water partition coefficient (Wildman–Crippen LogP) is 3.29. The van der Waals surface area contributed by atoms with Gasteiger partial charge in [-0.2, -0.15) is 0 Å². The van der Waals surface area contributed by atoms with Gasteiger partial charge in [-0.3, -0.25) is 0 Å². The first-order valence-electron chi connectivity index (χ1n) is 6.00. The second kappa shape index (κ2) is 6.38. The zero-order valence-electron chi connectivity index (χ0n) is 9.30. The average Bonchev–Trinajstić information content (AvgIpc) is 3.17. The molecule has 3 saturated heterocycles. The molecule has 3 aliphatic rings. The molecule has 0 N–H and O–H groups in total. The Labute approximate surface area is 122 Å². The molecule has 5 heteroatoms. The maximum atomic E-state index is 2.33. The van der Waals surface area contributed by atoms with Gasteiger partial charge in [-0.05, 0) is 0 Å². The van der Waals surface area contributed by atoms with E-state index >= 15 is 0 Å². The van der Waals surface area contributed by atoms with E-state index in [1.165, 1.54) is 35.9 Å². The van der Waals surface area contributed by atoms with Gasteiger partial charge in [-0.25, -0.2) is 0 Å². The molecular weight excluding hydrogens is 339 g/mol. The third-order valence-electron chi connectivity index (χ3n) is 2.97. The van der Waals surface area contributed by atoms with Gasteiger partial charge < -0.3 is 0 Å². The van der Waals surface area contributed by atoms with E-state index in [0.717, 1.165) is 34.9 Å². The third kappa shape index (κ3) is 4.24. The Hall–Kier alpha value is 1.92.